The Hall–Kier alpha value is -3.84. The maximum Gasteiger partial charge on any atom is 0.256 e. The van der Waals surface area contributed by atoms with Gasteiger partial charge in [0.05, 0.1) is 11.3 Å². The molecule has 0 radical (unpaired) electrons. The first-order valence-corrected chi connectivity index (χ1v) is 9.06. The van der Waals surface area contributed by atoms with Crippen molar-refractivity contribution in [2.45, 2.75) is 6.04 Å². The van der Waals surface area contributed by atoms with Gasteiger partial charge in [-0.15, -0.1) is 4.91 Å². The lowest BCUT2D eigenvalue weighted by atomic mass is 9.99. The van der Waals surface area contributed by atoms with Crippen LogP contribution in [0.3, 0.4) is 0 Å². The Bertz CT molecular complexity index is 1030. The van der Waals surface area contributed by atoms with Crippen molar-refractivity contribution in [2.75, 3.05) is 11.9 Å². The van der Waals surface area contributed by atoms with E-state index in [0.717, 1.165) is 16.7 Å². The number of nitrogens with one attached hydrogen (secondary N) is 2. The van der Waals surface area contributed by atoms with Crippen LogP contribution in [0.5, 0.6) is 0 Å². The van der Waals surface area contributed by atoms with Crippen LogP contribution in [-0.2, 0) is 9.63 Å². The number of aromatic nitrogens is 1. The summed E-state index contributed by atoms with van der Waals surface area (Å²) < 4.78 is 0. The van der Waals surface area contributed by atoms with Crippen LogP contribution in [0.25, 0.3) is 5.70 Å². The predicted octanol–water partition coefficient (Wildman–Crippen LogP) is 3.82. The van der Waals surface area contributed by atoms with Gasteiger partial charge in [0.25, 0.3) is 5.91 Å². The van der Waals surface area contributed by atoms with Gasteiger partial charge in [-0.3, -0.25) is 20.1 Å². The minimum atomic E-state index is -0.590. The molecule has 1 atom stereocenters. The molecule has 7 heteroatoms. The first-order chi connectivity index (χ1) is 14.3. The summed E-state index contributed by atoms with van der Waals surface area (Å²) in [5, 5.41) is 6.11. The lowest BCUT2D eigenvalue weighted by Gasteiger charge is -2.11. The van der Waals surface area contributed by atoms with E-state index in [0.29, 0.717) is 17.0 Å². The fourth-order valence-corrected chi connectivity index (χ4v) is 3.14. The molecule has 0 aliphatic carbocycles. The molecular weight excluding hydrogens is 368 g/mol. The second-order valence-corrected chi connectivity index (χ2v) is 6.48. The summed E-state index contributed by atoms with van der Waals surface area (Å²) in [4.78, 5) is 33.4. The van der Waals surface area contributed by atoms with Crippen LogP contribution in [0.15, 0.2) is 89.9 Å². The molecule has 2 N–H and O–H groups in total. The summed E-state index contributed by atoms with van der Waals surface area (Å²) in [5.41, 5.74) is 6.81. The van der Waals surface area contributed by atoms with E-state index in [1.54, 1.807) is 42.7 Å². The van der Waals surface area contributed by atoms with Gasteiger partial charge in [0.15, 0.2) is 0 Å². The highest BCUT2D eigenvalue weighted by molar-refractivity contribution is 6.09. The molecule has 0 spiro atoms. The molecule has 7 nitrogen and oxygen atoms in total. The number of hydroxylamine groups is 1. The smallest absolute Gasteiger partial charge is 0.256 e. The third kappa shape index (κ3) is 4.04. The summed E-state index contributed by atoms with van der Waals surface area (Å²) in [6.45, 7) is 0.152. The van der Waals surface area contributed by atoms with Crippen LogP contribution in [-0.4, -0.2) is 17.5 Å². The van der Waals surface area contributed by atoms with E-state index < -0.39 is 6.04 Å². The average Bonchev–Trinajstić information content (AvgIpc) is 3.27. The number of pyridine rings is 1. The number of carbonyl (C=O) groups is 1. The van der Waals surface area contributed by atoms with Gasteiger partial charge in [-0.25, -0.2) is 0 Å². The third-order valence-corrected chi connectivity index (χ3v) is 4.62. The van der Waals surface area contributed by atoms with Crippen LogP contribution in [0.2, 0.25) is 0 Å². The summed E-state index contributed by atoms with van der Waals surface area (Å²) in [6.07, 6.45) is 3.33. The molecule has 1 aromatic heterocycles. The molecule has 4 rings (SSSR count). The molecule has 3 aromatic rings. The number of rotatable bonds is 6. The van der Waals surface area contributed by atoms with Gasteiger partial charge < -0.3 is 5.32 Å². The summed E-state index contributed by atoms with van der Waals surface area (Å²) in [5.74, 6) is -0.269. The zero-order valence-corrected chi connectivity index (χ0v) is 15.4. The lowest BCUT2D eigenvalue weighted by Crippen LogP contribution is -2.16. The number of anilines is 1. The van der Waals surface area contributed by atoms with Gasteiger partial charge in [-0.1, -0.05) is 47.6 Å². The Kier molecular flexibility index (Phi) is 5.40. The zero-order chi connectivity index (χ0) is 20.1. The van der Waals surface area contributed by atoms with Gasteiger partial charge in [0, 0.05) is 23.6 Å². The molecule has 1 aliphatic rings. The Morgan fingerprint density at radius 1 is 1.03 bits per heavy atom. The number of hydrogen-bond acceptors (Lipinski definition) is 6. The van der Waals surface area contributed by atoms with E-state index in [1.165, 1.54) is 0 Å². The van der Waals surface area contributed by atoms with Crippen molar-refractivity contribution in [3.05, 3.63) is 106 Å². The first kappa shape index (κ1) is 18.5. The van der Waals surface area contributed by atoms with Gasteiger partial charge in [0.2, 0.25) is 0 Å². The standard InChI is InChI=1S/C22H18N4O3/c27-22(19-14-29-26-21(19)17-7-4-12-23-13-17)24-18-10-8-16(9-11-18)20(25-28)15-5-2-1-3-6-15/h1-13,20,26H,14H2,(H,24,27). The van der Waals surface area contributed by atoms with E-state index in [-0.39, 0.29) is 12.5 Å². The molecule has 1 aliphatic heterocycles. The van der Waals surface area contributed by atoms with Gasteiger partial charge in [-0.2, -0.15) is 0 Å². The summed E-state index contributed by atoms with van der Waals surface area (Å²) in [6, 6.07) is 19.5. The maximum atomic E-state index is 12.7. The molecule has 0 fully saturated rings. The van der Waals surface area contributed by atoms with E-state index in [2.05, 4.69) is 21.0 Å². The van der Waals surface area contributed by atoms with Crippen molar-refractivity contribution in [2.24, 2.45) is 5.18 Å². The molecule has 29 heavy (non-hydrogen) atoms. The molecule has 1 unspecified atom stereocenters. The van der Waals surface area contributed by atoms with Crippen LogP contribution < -0.4 is 10.8 Å². The second-order valence-electron chi connectivity index (χ2n) is 6.48. The number of carbonyl (C=O) groups excluding carboxylic acids is 1. The third-order valence-electron chi connectivity index (χ3n) is 4.62. The van der Waals surface area contributed by atoms with Crippen molar-refractivity contribution in [1.82, 2.24) is 10.5 Å². The molecule has 144 valence electrons. The fraction of sp³-hybridized carbons (Fsp3) is 0.0909. The Morgan fingerprint density at radius 3 is 2.48 bits per heavy atom. The van der Waals surface area contributed by atoms with Crippen LogP contribution in [0.4, 0.5) is 5.69 Å². The van der Waals surface area contributed by atoms with E-state index in [1.807, 2.05) is 36.4 Å². The van der Waals surface area contributed by atoms with E-state index >= 15 is 0 Å². The van der Waals surface area contributed by atoms with E-state index in [9.17, 15) is 9.70 Å². The number of benzene rings is 2. The summed E-state index contributed by atoms with van der Waals surface area (Å²) in [7, 11) is 0. The van der Waals surface area contributed by atoms with E-state index in [4.69, 9.17) is 4.84 Å². The SMILES string of the molecule is O=NC(c1ccccc1)c1ccc(NC(=O)C2=C(c3cccnc3)NOC2)cc1. The number of hydrogen-bond donors (Lipinski definition) is 2. The molecule has 2 aromatic carbocycles. The first-order valence-electron chi connectivity index (χ1n) is 9.06. The number of amides is 1. The topological polar surface area (TPSA) is 92.7 Å². The summed E-state index contributed by atoms with van der Waals surface area (Å²) >= 11 is 0. The molecule has 0 saturated carbocycles. The van der Waals surface area contributed by atoms with Crippen molar-refractivity contribution in [1.29, 1.82) is 0 Å². The molecular formula is C22H18N4O3. The highest BCUT2D eigenvalue weighted by Crippen LogP contribution is 2.27. The van der Waals surface area contributed by atoms with Crippen molar-refractivity contribution in [3.8, 4) is 0 Å². The monoisotopic (exact) mass is 386 g/mol. The highest BCUT2D eigenvalue weighted by atomic mass is 16.6. The predicted molar refractivity (Wildman–Crippen MR) is 109 cm³/mol. The van der Waals surface area contributed by atoms with Gasteiger partial charge in [0.1, 0.15) is 12.6 Å². The second kappa shape index (κ2) is 8.45. The van der Waals surface area contributed by atoms with Crippen molar-refractivity contribution < 1.29 is 9.63 Å². The normalized spacial score (nSPS) is 14.2. The molecule has 1 amide bonds. The molecule has 2 heterocycles. The van der Waals surface area contributed by atoms with Gasteiger partial charge in [-0.05, 0) is 35.4 Å². The largest absolute Gasteiger partial charge is 0.322 e. The highest BCUT2D eigenvalue weighted by Gasteiger charge is 2.23. The Labute approximate surface area is 167 Å². The average molecular weight is 386 g/mol. The number of nitrogens with zero attached hydrogens (tertiary/aromatic N) is 2. The lowest BCUT2D eigenvalue weighted by molar-refractivity contribution is -0.113. The minimum Gasteiger partial charge on any atom is -0.322 e. The fourth-order valence-electron chi connectivity index (χ4n) is 3.14. The Morgan fingerprint density at radius 2 is 1.79 bits per heavy atom. The molecule has 0 bridgehead atoms. The van der Waals surface area contributed by atoms with Crippen molar-refractivity contribution in [3.63, 3.8) is 0 Å². The van der Waals surface area contributed by atoms with Crippen LogP contribution in [0.1, 0.15) is 22.7 Å². The zero-order valence-electron chi connectivity index (χ0n) is 15.4. The molecule has 0 saturated heterocycles. The van der Waals surface area contributed by atoms with Crippen molar-refractivity contribution >= 4 is 17.3 Å². The Balaban J connectivity index is 1.51. The maximum absolute atomic E-state index is 12.7. The quantitative estimate of drug-likeness (QED) is 0.628. The van der Waals surface area contributed by atoms with Crippen LogP contribution >= 0.6 is 0 Å². The van der Waals surface area contributed by atoms with Gasteiger partial charge >= 0.3 is 0 Å². The van der Waals surface area contributed by atoms with Crippen LogP contribution in [0, 0.1) is 4.91 Å². The minimum absolute atomic E-state index is 0.152. The number of nitroso groups, excluding NO2 is 1.